The number of phosphoric acid groups is 3. The maximum absolute atomic E-state index is 13.2. The van der Waals surface area contributed by atoms with Crippen molar-refractivity contribution in [1.29, 1.82) is 0 Å². The zero-order valence-corrected chi connectivity index (χ0v) is 27.1. The van der Waals surface area contributed by atoms with Crippen molar-refractivity contribution in [1.82, 2.24) is 19.5 Å². The molecule has 5 heterocycles. The van der Waals surface area contributed by atoms with E-state index in [1.165, 1.54) is 29.3 Å². The van der Waals surface area contributed by atoms with Gasteiger partial charge in [-0.25, -0.2) is 18.7 Å². The van der Waals surface area contributed by atoms with Crippen LogP contribution in [0.4, 0.5) is 11.6 Å². The number of phosphoric ester groups is 1. The first-order valence-corrected chi connectivity index (χ1v) is 18.2. The summed E-state index contributed by atoms with van der Waals surface area (Å²) < 4.78 is 71.0. The molecule has 252 valence electrons. The fourth-order valence-electron chi connectivity index (χ4n) is 4.40. The summed E-state index contributed by atoms with van der Waals surface area (Å²) in [6.07, 6.45) is -5.39. The molecule has 8 N–H and O–H groups in total. The summed E-state index contributed by atoms with van der Waals surface area (Å²) in [5.41, 5.74) is 6.43. The number of hydrogen-bond acceptors (Lipinski definition) is 17. The van der Waals surface area contributed by atoms with E-state index in [9.17, 15) is 33.1 Å². The van der Waals surface area contributed by atoms with Crippen molar-refractivity contribution in [2.24, 2.45) is 0 Å². The van der Waals surface area contributed by atoms with Gasteiger partial charge < -0.3 is 54.6 Å². The summed E-state index contributed by atoms with van der Waals surface area (Å²) in [5.74, 6) is -1.41. The zero-order valence-electron chi connectivity index (χ0n) is 22.8. The van der Waals surface area contributed by atoms with Crippen LogP contribution in [0.25, 0.3) is 11.2 Å². The lowest BCUT2D eigenvalue weighted by molar-refractivity contribution is -0.166. The summed E-state index contributed by atoms with van der Waals surface area (Å²) in [5, 5.41) is 4.23. The van der Waals surface area contributed by atoms with Crippen molar-refractivity contribution < 1.29 is 75.0 Å². The number of methoxy groups -OCH3 is 1. The number of nitrogens with two attached hydrogens (primary N) is 1. The predicted octanol–water partition coefficient (Wildman–Crippen LogP) is 0.838. The molecule has 0 aliphatic carbocycles. The van der Waals surface area contributed by atoms with Crippen molar-refractivity contribution in [3.63, 3.8) is 0 Å². The molecule has 5 rings (SSSR count). The number of aromatic amines is 1. The minimum absolute atomic E-state index is 0.0719. The highest BCUT2D eigenvalue weighted by Gasteiger charge is 2.56. The second-order valence-electron chi connectivity index (χ2n) is 9.26. The van der Waals surface area contributed by atoms with Crippen LogP contribution >= 0.6 is 47.0 Å². The van der Waals surface area contributed by atoms with E-state index in [1.807, 2.05) is 0 Å². The topological polar surface area (TPSA) is 315 Å². The molecule has 46 heavy (non-hydrogen) atoms. The average molecular weight is 748 g/mol. The Morgan fingerprint density at radius 1 is 1.15 bits per heavy atom. The van der Waals surface area contributed by atoms with Crippen molar-refractivity contribution >= 4 is 81.7 Å². The summed E-state index contributed by atoms with van der Waals surface area (Å²) in [4.78, 5) is 73.3. The van der Waals surface area contributed by atoms with Crippen LogP contribution in [0.5, 0.6) is 0 Å². The number of carbonyl (C=O) groups is 2. The summed E-state index contributed by atoms with van der Waals surface area (Å²) in [6.45, 7) is -0.922. The molecule has 3 aromatic heterocycles. The quantitative estimate of drug-likeness (QED) is 0.0766. The van der Waals surface area contributed by atoms with E-state index >= 15 is 0 Å². The van der Waals surface area contributed by atoms with Gasteiger partial charge in [-0.05, 0) is 11.4 Å². The standard InChI is InChI=1S/C19H23N6O16P3S2/c1-35-10(26)4-9-7(2-3-46-9)22-15(27)18-38-12-8(5-36-43(31,32)41-44(33,34)40-42(28,29)30)37-17(13(12)39-18)25-6-21-11-14(25)23-19(20)24-16(11)45/h2-3,6,8,12-13,17-18H,4-5H2,1H3,(H,22,27)(H,31,32)(H,33,34)(H2,28,29,30)(H3,20,23,24,45)/t8?,12?,13?,17?,18-/m1/s1. The number of rotatable bonds is 12. The smallest absolute Gasteiger partial charge is 0.469 e. The third-order valence-corrected chi connectivity index (χ3v) is 11.2. The fraction of sp³-hybridized carbons (Fsp3) is 0.421. The number of aromatic nitrogens is 4. The number of esters is 1. The molecule has 1 amide bonds. The van der Waals surface area contributed by atoms with Crippen molar-refractivity contribution in [2.45, 2.75) is 37.3 Å². The molecule has 0 spiro atoms. The number of thiophene rings is 1. The third-order valence-electron chi connectivity index (χ3n) is 6.14. The lowest BCUT2D eigenvalue weighted by Gasteiger charge is -2.22. The Balaban J connectivity index is 1.38. The lowest BCUT2D eigenvalue weighted by Crippen LogP contribution is -2.34. The van der Waals surface area contributed by atoms with Crippen LogP contribution in [0.15, 0.2) is 17.8 Å². The molecule has 6 unspecified atom stereocenters. The van der Waals surface area contributed by atoms with Crippen LogP contribution in [0.3, 0.4) is 0 Å². The highest BCUT2D eigenvalue weighted by molar-refractivity contribution is 7.71. The van der Waals surface area contributed by atoms with Gasteiger partial charge in [0.25, 0.3) is 5.91 Å². The largest absolute Gasteiger partial charge is 0.490 e. The fourth-order valence-corrected chi connectivity index (χ4v) is 8.49. The normalized spacial score (nSPS) is 25.5. The van der Waals surface area contributed by atoms with Crippen LogP contribution in [-0.4, -0.2) is 89.3 Å². The van der Waals surface area contributed by atoms with Crippen LogP contribution in [0.2, 0.25) is 0 Å². The molecule has 0 radical (unpaired) electrons. The van der Waals surface area contributed by atoms with Gasteiger partial charge in [-0.2, -0.15) is 13.6 Å². The number of anilines is 2. The first kappa shape index (κ1) is 34.8. The van der Waals surface area contributed by atoms with Crippen LogP contribution < -0.4 is 11.1 Å². The molecule has 2 fully saturated rings. The number of hydrogen-bond donors (Lipinski definition) is 7. The zero-order chi connectivity index (χ0) is 33.6. The Morgan fingerprint density at radius 3 is 2.57 bits per heavy atom. The first-order chi connectivity index (χ1) is 21.4. The monoisotopic (exact) mass is 748 g/mol. The SMILES string of the molecule is COC(=O)Cc1sccc1NC(=O)[C@@H]1OC2C(COP(=O)(O)OP(=O)(O)OP(=O)(O)O)OC(n3cnc4c(=S)[nH]c(N)nc43)C2O1. The van der Waals surface area contributed by atoms with Gasteiger partial charge in [-0.1, -0.05) is 12.2 Å². The molecule has 2 aliphatic heterocycles. The average Bonchev–Trinajstić information content (AvgIpc) is 3.70. The lowest BCUT2D eigenvalue weighted by atomic mass is 10.1. The Hall–Kier alpha value is -2.50. The number of nitrogens with zero attached hydrogens (tertiary/aromatic N) is 3. The van der Waals surface area contributed by atoms with Gasteiger partial charge in [0.15, 0.2) is 11.9 Å². The Labute approximate surface area is 265 Å². The Bertz CT molecular complexity index is 1860. The predicted molar refractivity (Wildman–Crippen MR) is 153 cm³/mol. The number of fused-ring (bicyclic) bond motifs is 2. The summed E-state index contributed by atoms with van der Waals surface area (Å²) >= 11 is 6.42. The Morgan fingerprint density at radius 2 is 1.87 bits per heavy atom. The number of ether oxygens (including phenoxy) is 4. The second-order valence-corrected chi connectivity index (χ2v) is 15.1. The molecular weight excluding hydrogens is 725 g/mol. The Kier molecular flexibility index (Phi) is 9.98. The number of carbonyl (C=O) groups excluding carboxylic acids is 2. The highest BCUT2D eigenvalue weighted by atomic mass is 32.1. The van der Waals surface area contributed by atoms with Crippen molar-refractivity contribution in [3.8, 4) is 0 Å². The number of amides is 1. The van der Waals surface area contributed by atoms with Crippen LogP contribution in [-0.2, 0) is 61.8 Å². The van der Waals surface area contributed by atoms with E-state index in [0.717, 1.165) is 0 Å². The molecule has 2 aliphatic rings. The second kappa shape index (κ2) is 13.2. The third kappa shape index (κ3) is 7.96. The van der Waals surface area contributed by atoms with Gasteiger partial charge in [0.05, 0.1) is 32.2 Å². The van der Waals surface area contributed by atoms with Crippen molar-refractivity contribution in [2.75, 3.05) is 24.8 Å². The molecular formula is C19H23N6O16P3S2. The molecule has 7 atom stereocenters. The van der Waals surface area contributed by atoms with E-state index in [2.05, 4.69) is 33.6 Å². The van der Waals surface area contributed by atoms with E-state index in [-0.39, 0.29) is 33.9 Å². The summed E-state index contributed by atoms with van der Waals surface area (Å²) in [6, 6.07) is 1.55. The summed E-state index contributed by atoms with van der Waals surface area (Å²) in [7, 11) is -15.8. The molecule has 0 bridgehead atoms. The number of imidazole rings is 1. The maximum atomic E-state index is 13.2. The van der Waals surface area contributed by atoms with Gasteiger partial charge in [-0.3, -0.25) is 18.7 Å². The van der Waals surface area contributed by atoms with E-state index in [4.69, 9.17) is 46.5 Å². The van der Waals surface area contributed by atoms with Gasteiger partial charge in [0.1, 0.15) is 28.5 Å². The van der Waals surface area contributed by atoms with E-state index in [1.54, 1.807) is 11.4 Å². The van der Waals surface area contributed by atoms with E-state index < -0.39 is 72.8 Å². The van der Waals surface area contributed by atoms with E-state index in [0.29, 0.717) is 4.88 Å². The van der Waals surface area contributed by atoms with Gasteiger partial charge in [-0.15, -0.1) is 11.3 Å². The number of nitrogen functional groups attached to an aromatic ring is 1. The maximum Gasteiger partial charge on any atom is 0.490 e. The van der Waals surface area contributed by atoms with Crippen LogP contribution in [0.1, 0.15) is 11.1 Å². The molecule has 0 aromatic carbocycles. The molecule has 0 saturated carbocycles. The first-order valence-electron chi connectivity index (χ1n) is 12.4. The van der Waals surface area contributed by atoms with Gasteiger partial charge in [0, 0.05) is 4.88 Å². The molecule has 3 aromatic rings. The van der Waals surface area contributed by atoms with Crippen molar-refractivity contribution in [3.05, 3.63) is 27.3 Å². The van der Waals surface area contributed by atoms with Gasteiger partial charge >= 0.3 is 29.4 Å². The van der Waals surface area contributed by atoms with Gasteiger partial charge in [0.2, 0.25) is 12.2 Å². The molecule has 27 heteroatoms. The highest BCUT2D eigenvalue weighted by Crippen LogP contribution is 2.66. The minimum atomic E-state index is -5.80. The molecule has 22 nitrogen and oxygen atoms in total. The minimum Gasteiger partial charge on any atom is -0.469 e. The molecule has 2 saturated heterocycles. The number of H-pyrrole nitrogens is 1. The van der Waals surface area contributed by atoms with Crippen LogP contribution in [0, 0.1) is 4.64 Å². The number of nitrogens with one attached hydrogen (secondary N) is 2.